The van der Waals surface area contributed by atoms with Crippen LogP contribution in [0.25, 0.3) is 0 Å². The van der Waals surface area contributed by atoms with E-state index < -0.39 is 23.7 Å². The number of hydrogen-bond acceptors (Lipinski definition) is 3. The number of carboxylic acid groups (broad SMARTS) is 1. The molecule has 0 fully saturated rings. The Bertz CT molecular complexity index is 580. The van der Waals surface area contributed by atoms with Crippen LogP contribution >= 0.6 is 15.9 Å². The summed E-state index contributed by atoms with van der Waals surface area (Å²) in [7, 11) is 0. The van der Waals surface area contributed by atoms with Gasteiger partial charge < -0.3 is 9.84 Å². The van der Waals surface area contributed by atoms with Gasteiger partial charge in [0.25, 0.3) is 0 Å². The van der Waals surface area contributed by atoms with Crippen molar-refractivity contribution < 1.29 is 19.4 Å². The van der Waals surface area contributed by atoms with E-state index in [9.17, 15) is 14.7 Å². The summed E-state index contributed by atoms with van der Waals surface area (Å²) in [5.41, 5.74) is 0.930. The van der Waals surface area contributed by atoms with E-state index in [2.05, 4.69) is 15.9 Å². The summed E-state index contributed by atoms with van der Waals surface area (Å²) in [5.74, 6) is -1.05. The first-order chi connectivity index (χ1) is 9.69. The van der Waals surface area contributed by atoms with Crippen LogP contribution in [0.5, 0.6) is 0 Å². The van der Waals surface area contributed by atoms with E-state index >= 15 is 0 Å². The second kappa shape index (κ2) is 5.67. The molecule has 0 bridgehead atoms. The molecular weight excluding hydrogens is 338 g/mol. The highest BCUT2D eigenvalue weighted by Gasteiger charge is 2.38. The van der Waals surface area contributed by atoms with E-state index in [4.69, 9.17) is 4.74 Å². The number of amides is 1. The predicted octanol–water partition coefficient (Wildman–Crippen LogP) is 3.37. The Labute approximate surface area is 132 Å². The molecule has 1 aliphatic heterocycles. The van der Waals surface area contributed by atoms with Crippen molar-refractivity contribution in [1.29, 1.82) is 0 Å². The van der Waals surface area contributed by atoms with Gasteiger partial charge in [0, 0.05) is 11.0 Å². The lowest BCUT2D eigenvalue weighted by atomic mass is 9.93. The molecule has 1 atom stereocenters. The van der Waals surface area contributed by atoms with Crippen molar-refractivity contribution in [3.8, 4) is 0 Å². The Hall–Kier alpha value is -1.56. The fourth-order valence-corrected chi connectivity index (χ4v) is 2.79. The topological polar surface area (TPSA) is 66.8 Å². The molecule has 1 aromatic carbocycles. The number of aliphatic carboxylic acids is 1. The van der Waals surface area contributed by atoms with Gasteiger partial charge >= 0.3 is 12.1 Å². The molecule has 1 heterocycles. The number of ether oxygens (including phenoxy) is 1. The molecule has 5 nitrogen and oxygen atoms in total. The Morgan fingerprint density at radius 1 is 1.38 bits per heavy atom. The number of rotatable bonds is 1. The van der Waals surface area contributed by atoms with Gasteiger partial charge in [-0.25, -0.2) is 9.59 Å². The second-order valence-electron chi connectivity index (χ2n) is 6.01. The first kappa shape index (κ1) is 15.8. The zero-order valence-corrected chi connectivity index (χ0v) is 13.8. The number of carbonyl (C=O) groups is 2. The molecule has 0 aromatic heterocycles. The lowest BCUT2D eigenvalue weighted by molar-refractivity contribution is -0.143. The van der Waals surface area contributed by atoms with E-state index in [-0.39, 0.29) is 0 Å². The Kier molecular flexibility index (Phi) is 4.27. The smallest absolute Gasteiger partial charge is 0.411 e. The summed E-state index contributed by atoms with van der Waals surface area (Å²) < 4.78 is 6.21. The average Bonchev–Trinajstić information content (AvgIpc) is 2.34. The predicted molar refractivity (Wildman–Crippen MR) is 81.2 cm³/mol. The third-order valence-corrected chi connectivity index (χ3v) is 3.69. The number of carbonyl (C=O) groups excluding carboxylic acids is 1. The number of fused-ring (bicyclic) bond motifs is 1. The van der Waals surface area contributed by atoms with Gasteiger partial charge in [-0.15, -0.1) is 0 Å². The monoisotopic (exact) mass is 355 g/mol. The quantitative estimate of drug-likeness (QED) is 0.838. The maximum atomic E-state index is 12.2. The van der Waals surface area contributed by atoms with Gasteiger partial charge in [-0.2, -0.15) is 0 Å². The molecule has 2 rings (SSSR count). The Morgan fingerprint density at radius 2 is 2.05 bits per heavy atom. The summed E-state index contributed by atoms with van der Waals surface area (Å²) in [6.07, 6.45) is 0.0149. The highest BCUT2D eigenvalue weighted by atomic mass is 79.9. The molecule has 0 saturated heterocycles. The van der Waals surface area contributed by atoms with Crippen LogP contribution < -0.4 is 0 Å². The van der Waals surface area contributed by atoms with Crippen LogP contribution in [-0.2, 0) is 16.0 Å². The molecule has 1 aliphatic rings. The first-order valence-electron chi connectivity index (χ1n) is 6.70. The van der Waals surface area contributed by atoms with Crippen molar-refractivity contribution in [3.05, 3.63) is 33.8 Å². The van der Waals surface area contributed by atoms with Gasteiger partial charge in [-0.05, 0) is 50.5 Å². The molecule has 1 amide bonds. The molecule has 0 radical (unpaired) electrons. The van der Waals surface area contributed by atoms with Crippen molar-refractivity contribution in [2.75, 3.05) is 6.54 Å². The minimum atomic E-state index is -1.05. The number of nitrogens with zero attached hydrogens (tertiary/aromatic N) is 1. The number of benzene rings is 1. The maximum Gasteiger partial charge on any atom is 0.411 e. The van der Waals surface area contributed by atoms with Gasteiger partial charge in [0.1, 0.15) is 5.60 Å². The van der Waals surface area contributed by atoms with E-state index in [0.29, 0.717) is 18.5 Å². The fourth-order valence-electron chi connectivity index (χ4n) is 2.38. The van der Waals surface area contributed by atoms with Crippen LogP contribution in [0.2, 0.25) is 0 Å². The summed E-state index contributed by atoms with van der Waals surface area (Å²) in [4.78, 5) is 25.1. The summed E-state index contributed by atoms with van der Waals surface area (Å²) in [6.45, 7) is 5.61. The minimum absolute atomic E-state index is 0.329. The molecule has 0 unspecified atom stereocenters. The summed E-state index contributed by atoms with van der Waals surface area (Å²) >= 11 is 3.38. The number of carboxylic acids is 1. The van der Waals surface area contributed by atoms with Crippen LogP contribution in [0, 0.1) is 0 Å². The molecular formula is C15H18BrNO4. The molecule has 0 saturated carbocycles. The van der Waals surface area contributed by atoms with Gasteiger partial charge in [-0.1, -0.05) is 22.0 Å². The van der Waals surface area contributed by atoms with Crippen LogP contribution in [-0.4, -0.2) is 34.2 Å². The zero-order valence-electron chi connectivity index (χ0n) is 12.2. The maximum absolute atomic E-state index is 12.2. The van der Waals surface area contributed by atoms with Crippen LogP contribution in [0.1, 0.15) is 37.9 Å². The van der Waals surface area contributed by atoms with Crippen LogP contribution in [0.4, 0.5) is 4.79 Å². The highest BCUT2D eigenvalue weighted by molar-refractivity contribution is 9.10. The van der Waals surface area contributed by atoms with Crippen molar-refractivity contribution in [3.63, 3.8) is 0 Å². The SMILES string of the molecule is CC(C)(C)OC(=O)N1CCc2cc(Br)ccc2[C@@H]1C(=O)O. The average molecular weight is 356 g/mol. The largest absolute Gasteiger partial charge is 0.479 e. The fraction of sp³-hybridized carbons (Fsp3) is 0.467. The van der Waals surface area contributed by atoms with Crippen molar-refractivity contribution >= 4 is 28.0 Å². The van der Waals surface area contributed by atoms with Gasteiger partial charge in [0.05, 0.1) is 0 Å². The molecule has 6 heteroatoms. The van der Waals surface area contributed by atoms with E-state index in [0.717, 1.165) is 10.0 Å². The van der Waals surface area contributed by atoms with Crippen LogP contribution in [0.3, 0.4) is 0 Å². The van der Waals surface area contributed by atoms with Crippen molar-refractivity contribution in [2.24, 2.45) is 0 Å². The van der Waals surface area contributed by atoms with E-state index in [1.165, 1.54) is 4.90 Å². The number of hydrogen-bond donors (Lipinski definition) is 1. The van der Waals surface area contributed by atoms with Crippen LogP contribution in [0.15, 0.2) is 22.7 Å². The van der Waals surface area contributed by atoms with Gasteiger partial charge in [-0.3, -0.25) is 4.90 Å². The van der Waals surface area contributed by atoms with Gasteiger partial charge in [0.2, 0.25) is 0 Å². The summed E-state index contributed by atoms with van der Waals surface area (Å²) in [5, 5.41) is 9.51. The minimum Gasteiger partial charge on any atom is -0.479 e. The second-order valence-corrected chi connectivity index (χ2v) is 6.92. The first-order valence-corrected chi connectivity index (χ1v) is 7.49. The van der Waals surface area contributed by atoms with E-state index in [1.54, 1.807) is 32.9 Å². The lowest BCUT2D eigenvalue weighted by Crippen LogP contribution is -2.45. The lowest BCUT2D eigenvalue weighted by Gasteiger charge is -2.35. The van der Waals surface area contributed by atoms with Crippen molar-refractivity contribution in [2.45, 2.75) is 38.8 Å². The Morgan fingerprint density at radius 3 is 2.62 bits per heavy atom. The van der Waals surface area contributed by atoms with Crippen molar-refractivity contribution in [1.82, 2.24) is 4.90 Å². The standard InChI is InChI=1S/C15H18BrNO4/c1-15(2,3)21-14(20)17-7-6-9-8-10(16)4-5-11(9)12(17)13(18)19/h4-5,8,12H,6-7H2,1-3H3,(H,18,19)/t12-/m1/s1. The summed E-state index contributed by atoms with van der Waals surface area (Å²) in [6, 6.07) is 4.43. The molecule has 0 aliphatic carbocycles. The molecule has 0 spiro atoms. The third kappa shape index (κ3) is 3.56. The van der Waals surface area contributed by atoms with Gasteiger partial charge in [0.15, 0.2) is 6.04 Å². The molecule has 21 heavy (non-hydrogen) atoms. The molecule has 1 aromatic rings. The zero-order chi connectivity index (χ0) is 15.8. The number of halogens is 1. The van der Waals surface area contributed by atoms with E-state index in [1.807, 2.05) is 6.07 Å². The Balaban J connectivity index is 2.35. The normalized spacial score (nSPS) is 18.1. The highest BCUT2D eigenvalue weighted by Crippen LogP contribution is 2.32. The molecule has 1 N–H and O–H groups in total. The molecule has 114 valence electrons. The third-order valence-electron chi connectivity index (χ3n) is 3.20.